The smallest absolute Gasteiger partial charge is 0.471 e. The molecule has 0 spiro atoms. The summed E-state index contributed by atoms with van der Waals surface area (Å²) >= 11 is 0. The van der Waals surface area contributed by atoms with Gasteiger partial charge in [0, 0.05) is 13.0 Å². The SMILES string of the molecule is O=C(NCc1ccc(OCCc2ccccc2)c(C2CCNCC2)c1)C(F)(F)F. The zero-order valence-electron chi connectivity index (χ0n) is 16.1. The Morgan fingerprint density at radius 1 is 1.07 bits per heavy atom. The average Bonchev–Trinajstić information content (AvgIpc) is 2.73. The number of hydrogen-bond donors (Lipinski definition) is 2. The largest absolute Gasteiger partial charge is 0.493 e. The van der Waals surface area contributed by atoms with Crippen molar-refractivity contribution in [2.75, 3.05) is 19.7 Å². The zero-order valence-corrected chi connectivity index (χ0v) is 16.1. The highest BCUT2D eigenvalue weighted by Crippen LogP contribution is 2.33. The molecule has 1 fully saturated rings. The average molecular weight is 406 g/mol. The molecular formula is C22H25F3N2O2. The molecule has 0 radical (unpaired) electrons. The van der Waals surface area contributed by atoms with Gasteiger partial charge >= 0.3 is 12.1 Å². The molecule has 3 rings (SSSR count). The summed E-state index contributed by atoms with van der Waals surface area (Å²) in [6.07, 6.45) is -2.23. The summed E-state index contributed by atoms with van der Waals surface area (Å²) in [5.41, 5.74) is 2.81. The van der Waals surface area contributed by atoms with Crippen LogP contribution in [-0.2, 0) is 17.8 Å². The summed E-state index contributed by atoms with van der Waals surface area (Å²) < 4.78 is 43.3. The summed E-state index contributed by atoms with van der Waals surface area (Å²) in [5, 5.41) is 5.25. The third-order valence-corrected chi connectivity index (χ3v) is 5.05. The van der Waals surface area contributed by atoms with Crippen molar-refractivity contribution in [3.05, 3.63) is 65.2 Å². The number of hydrogen-bond acceptors (Lipinski definition) is 3. The Bertz CT molecular complexity index is 803. The lowest BCUT2D eigenvalue weighted by atomic mass is 9.88. The number of alkyl halides is 3. The van der Waals surface area contributed by atoms with Crippen LogP contribution in [0.15, 0.2) is 48.5 Å². The first-order chi connectivity index (χ1) is 13.9. The highest BCUT2D eigenvalue weighted by atomic mass is 19.4. The van der Waals surface area contributed by atoms with Gasteiger partial charge in [-0.05, 0) is 54.6 Å². The monoisotopic (exact) mass is 406 g/mol. The second-order valence-corrected chi connectivity index (χ2v) is 7.16. The number of nitrogens with one attached hydrogen (secondary N) is 2. The Morgan fingerprint density at radius 2 is 1.79 bits per heavy atom. The number of carbonyl (C=O) groups excluding carboxylic acids is 1. The van der Waals surface area contributed by atoms with Gasteiger partial charge in [-0.15, -0.1) is 0 Å². The third kappa shape index (κ3) is 6.22. The predicted molar refractivity (Wildman–Crippen MR) is 105 cm³/mol. The summed E-state index contributed by atoms with van der Waals surface area (Å²) in [6, 6.07) is 15.4. The van der Waals surface area contributed by atoms with Crippen molar-refractivity contribution in [3.8, 4) is 5.75 Å². The number of amides is 1. The van der Waals surface area contributed by atoms with E-state index in [4.69, 9.17) is 4.74 Å². The van der Waals surface area contributed by atoms with Crippen molar-refractivity contribution in [1.29, 1.82) is 0 Å². The lowest BCUT2D eigenvalue weighted by Gasteiger charge is -2.25. The molecule has 0 unspecified atom stereocenters. The van der Waals surface area contributed by atoms with Gasteiger partial charge < -0.3 is 15.4 Å². The molecule has 0 atom stereocenters. The summed E-state index contributed by atoms with van der Waals surface area (Å²) in [4.78, 5) is 11.1. The van der Waals surface area contributed by atoms with Crippen LogP contribution in [0, 0.1) is 0 Å². The molecule has 0 aliphatic carbocycles. The predicted octanol–water partition coefficient (Wildman–Crippen LogP) is 3.95. The van der Waals surface area contributed by atoms with Crippen molar-refractivity contribution in [1.82, 2.24) is 10.6 Å². The summed E-state index contributed by atoms with van der Waals surface area (Å²) in [7, 11) is 0. The van der Waals surface area contributed by atoms with Gasteiger partial charge in [0.2, 0.25) is 0 Å². The molecule has 2 aromatic carbocycles. The van der Waals surface area contributed by atoms with Crippen LogP contribution in [-0.4, -0.2) is 31.8 Å². The van der Waals surface area contributed by atoms with Gasteiger partial charge in [0.25, 0.3) is 0 Å². The number of rotatable bonds is 7. The molecule has 1 heterocycles. The first-order valence-electron chi connectivity index (χ1n) is 9.79. The topological polar surface area (TPSA) is 50.4 Å². The van der Waals surface area contributed by atoms with Crippen LogP contribution in [0.1, 0.15) is 35.4 Å². The first-order valence-corrected chi connectivity index (χ1v) is 9.79. The number of piperidine rings is 1. The molecule has 1 aliphatic heterocycles. The fourth-order valence-electron chi connectivity index (χ4n) is 3.50. The van der Waals surface area contributed by atoms with E-state index in [1.807, 2.05) is 41.7 Å². The molecule has 4 nitrogen and oxygen atoms in total. The van der Waals surface area contributed by atoms with Crippen molar-refractivity contribution in [3.63, 3.8) is 0 Å². The molecule has 0 bridgehead atoms. The summed E-state index contributed by atoms with van der Waals surface area (Å²) in [6.45, 7) is 2.14. The molecule has 7 heteroatoms. The van der Waals surface area contributed by atoms with E-state index in [9.17, 15) is 18.0 Å². The Kier molecular flexibility index (Phi) is 7.14. The summed E-state index contributed by atoms with van der Waals surface area (Å²) in [5.74, 6) is -0.885. The van der Waals surface area contributed by atoms with Crippen LogP contribution < -0.4 is 15.4 Å². The van der Waals surface area contributed by atoms with Crippen LogP contribution in [0.5, 0.6) is 5.75 Å². The second-order valence-electron chi connectivity index (χ2n) is 7.16. The Hall–Kier alpha value is -2.54. The Balaban J connectivity index is 1.69. The highest BCUT2D eigenvalue weighted by Gasteiger charge is 2.38. The van der Waals surface area contributed by atoms with Gasteiger partial charge in [0.15, 0.2) is 0 Å². The lowest BCUT2D eigenvalue weighted by molar-refractivity contribution is -0.173. The molecule has 29 heavy (non-hydrogen) atoms. The van der Waals surface area contributed by atoms with E-state index in [0.29, 0.717) is 12.2 Å². The van der Waals surface area contributed by atoms with E-state index in [2.05, 4.69) is 5.32 Å². The lowest BCUT2D eigenvalue weighted by Crippen LogP contribution is -2.36. The van der Waals surface area contributed by atoms with Crippen molar-refractivity contribution < 1.29 is 22.7 Å². The fraction of sp³-hybridized carbons (Fsp3) is 0.409. The van der Waals surface area contributed by atoms with Gasteiger partial charge in [0.05, 0.1) is 6.61 Å². The molecular weight excluding hydrogens is 381 g/mol. The van der Waals surface area contributed by atoms with E-state index in [1.165, 1.54) is 5.56 Å². The minimum atomic E-state index is -4.88. The van der Waals surface area contributed by atoms with E-state index in [1.54, 1.807) is 12.1 Å². The maximum Gasteiger partial charge on any atom is 0.471 e. The molecule has 2 aromatic rings. The van der Waals surface area contributed by atoms with E-state index in [-0.39, 0.29) is 12.5 Å². The molecule has 1 saturated heterocycles. The maximum atomic E-state index is 12.4. The normalized spacial score (nSPS) is 15.1. The van der Waals surface area contributed by atoms with Crippen LogP contribution in [0.3, 0.4) is 0 Å². The van der Waals surface area contributed by atoms with E-state index in [0.717, 1.165) is 43.7 Å². The number of halogens is 3. The van der Waals surface area contributed by atoms with Crippen LogP contribution >= 0.6 is 0 Å². The Labute approximate surface area is 168 Å². The highest BCUT2D eigenvalue weighted by molar-refractivity contribution is 5.81. The number of carbonyl (C=O) groups is 1. The van der Waals surface area contributed by atoms with E-state index < -0.39 is 12.1 Å². The van der Waals surface area contributed by atoms with Gasteiger partial charge in [-0.25, -0.2) is 0 Å². The van der Waals surface area contributed by atoms with Crippen LogP contribution in [0.2, 0.25) is 0 Å². The third-order valence-electron chi connectivity index (χ3n) is 5.05. The second kappa shape index (κ2) is 9.78. The minimum Gasteiger partial charge on any atom is -0.493 e. The molecule has 2 N–H and O–H groups in total. The molecule has 0 saturated carbocycles. The van der Waals surface area contributed by atoms with Crippen molar-refractivity contribution in [2.45, 2.75) is 37.9 Å². The number of ether oxygens (including phenoxy) is 1. The quantitative estimate of drug-likeness (QED) is 0.732. The van der Waals surface area contributed by atoms with Gasteiger partial charge in [-0.3, -0.25) is 4.79 Å². The van der Waals surface area contributed by atoms with Gasteiger partial charge in [-0.2, -0.15) is 13.2 Å². The van der Waals surface area contributed by atoms with E-state index >= 15 is 0 Å². The van der Waals surface area contributed by atoms with Gasteiger partial charge in [0.1, 0.15) is 5.75 Å². The van der Waals surface area contributed by atoms with Crippen LogP contribution in [0.25, 0.3) is 0 Å². The maximum absolute atomic E-state index is 12.4. The van der Waals surface area contributed by atoms with Gasteiger partial charge in [-0.1, -0.05) is 42.5 Å². The van der Waals surface area contributed by atoms with Crippen molar-refractivity contribution in [2.24, 2.45) is 0 Å². The fourth-order valence-corrected chi connectivity index (χ4v) is 3.50. The molecule has 0 aromatic heterocycles. The minimum absolute atomic E-state index is 0.166. The Morgan fingerprint density at radius 3 is 2.48 bits per heavy atom. The first kappa shape index (κ1) is 21.2. The molecule has 156 valence electrons. The van der Waals surface area contributed by atoms with Crippen LogP contribution in [0.4, 0.5) is 13.2 Å². The number of benzene rings is 2. The standard InChI is InChI=1S/C22H25F3N2O2/c23-22(24,25)21(28)27-15-17-6-7-20(19(14-17)18-8-11-26-12-9-18)29-13-10-16-4-2-1-3-5-16/h1-7,14,18,26H,8-13,15H2,(H,27,28). The zero-order chi connectivity index (χ0) is 20.7. The molecule has 1 amide bonds. The molecule has 1 aliphatic rings. The van der Waals surface area contributed by atoms with Crippen molar-refractivity contribution >= 4 is 5.91 Å².